The first-order chi connectivity index (χ1) is 14.1. The smallest absolute Gasteiger partial charge is 0.170 e. The Morgan fingerprint density at radius 1 is 1.17 bits per heavy atom. The van der Waals surface area contributed by atoms with Crippen molar-refractivity contribution in [3.8, 4) is 5.69 Å². The number of aryl methyl sites for hydroxylation is 1. The third-order valence-corrected chi connectivity index (χ3v) is 5.80. The molecule has 0 amide bonds. The molecule has 0 radical (unpaired) electrons. The van der Waals surface area contributed by atoms with Gasteiger partial charge in [0, 0.05) is 36.9 Å². The van der Waals surface area contributed by atoms with Crippen LogP contribution in [0.15, 0.2) is 55.0 Å². The van der Waals surface area contributed by atoms with Crippen molar-refractivity contribution in [2.45, 2.75) is 32.4 Å². The summed E-state index contributed by atoms with van der Waals surface area (Å²) in [4.78, 5) is 11.0. The average molecular weight is 408 g/mol. The van der Waals surface area contributed by atoms with Crippen LogP contribution < -0.4 is 5.32 Å². The summed E-state index contributed by atoms with van der Waals surface area (Å²) in [6.07, 6.45) is 6.13. The SMILES string of the molecule is Cc1cc(C2C(c3ccccn3)NC(=S)N2CCCO)c(C)n1-c1cccnc1. The molecular weight excluding hydrogens is 382 g/mol. The third kappa shape index (κ3) is 3.63. The molecule has 7 heteroatoms. The maximum atomic E-state index is 9.39. The van der Waals surface area contributed by atoms with Crippen LogP contribution in [0.1, 0.15) is 41.1 Å². The Hall–Kier alpha value is -2.77. The molecule has 0 bridgehead atoms. The molecule has 2 N–H and O–H groups in total. The lowest BCUT2D eigenvalue weighted by Gasteiger charge is -2.28. The Morgan fingerprint density at radius 2 is 2.03 bits per heavy atom. The lowest BCUT2D eigenvalue weighted by atomic mass is 9.96. The summed E-state index contributed by atoms with van der Waals surface area (Å²) in [5, 5.41) is 13.6. The summed E-state index contributed by atoms with van der Waals surface area (Å²) in [6.45, 7) is 5.07. The van der Waals surface area contributed by atoms with Crippen LogP contribution in [-0.4, -0.2) is 42.8 Å². The van der Waals surface area contributed by atoms with Gasteiger partial charge < -0.3 is 19.9 Å². The highest BCUT2D eigenvalue weighted by molar-refractivity contribution is 7.80. The van der Waals surface area contributed by atoms with Crippen molar-refractivity contribution >= 4 is 17.3 Å². The summed E-state index contributed by atoms with van der Waals surface area (Å²) in [7, 11) is 0. The third-order valence-electron chi connectivity index (χ3n) is 5.45. The van der Waals surface area contributed by atoms with Crippen LogP contribution in [0.25, 0.3) is 5.69 Å². The zero-order valence-corrected chi connectivity index (χ0v) is 17.4. The van der Waals surface area contributed by atoms with Crippen molar-refractivity contribution in [3.63, 3.8) is 0 Å². The van der Waals surface area contributed by atoms with Crippen LogP contribution in [0.2, 0.25) is 0 Å². The maximum absolute atomic E-state index is 9.39. The molecule has 1 aliphatic heterocycles. The molecule has 0 aliphatic carbocycles. The number of hydrogen-bond acceptors (Lipinski definition) is 4. The van der Waals surface area contributed by atoms with E-state index in [4.69, 9.17) is 12.2 Å². The van der Waals surface area contributed by atoms with Crippen molar-refractivity contribution in [3.05, 3.63) is 77.6 Å². The molecule has 1 saturated heterocycles. The lowest BCUT2D eigenvalue weighted by molar-refractivity contribution is 0.247. The first-order valence-electron chi connectivity index (χ1n) is 9.80. The van der Waals surface area contributed by atoms with E-state index in [0.29, 0.717) is 18.1 Å². The molecule has 4 rings (SSSR count). The van der Waals surface area contributed by atoms with E-state index in [-0.39, 0.29) is 18.7 Å². The molecule has 6 nitrogen and oxygen atoms in total. The van der Waals surface area contributed by atoms with E-state index in [2.05, 4.69) is 50.7 Å². The molecule has 3 aromatic heterocycles. The topological polar surface area (TPSA) is 66.2 Å². The molecule has 150 valence electrons. The molecule has 1 aliphatic rings. The fourth-order valence-corrected chi connectivity index (χ4v) is 4.53. The van der Waals surface area contributed by atoms with E-state index in [1.165, 1.54) is 5.56 Å². The first kappa shape index (κ1) is 19.5. The Balaban J connectivity index is 1.81. The minimum Gasteiger partial charge on any atom is -0.396 e. The number of pyridine rings is 2. The van der Waals surface area contributed by atoms with E-state index >= 15 is 0 Å². The highest BCUT2D eigenvalue weighted by atomic mass is 32.1. The van der Waals surface area contributed by atoms with Crippen LogP contribution in [0.3, 0.4) is 0 Å². The van der Waals surface area contributed by atoms with E-state index in [1.54, 1.807) is 6.20 Å². The normalized spacial score (nSPS) is 18.9. The molecule has 0 aromatic carbocycles. The van der Waals surface area contributed by atoms with Gasteiger partial charge in [-0.15, -0.1) is 0 Å². The zero-order valence-electron chi connectivity index (χ0n) is 16.6. The molecule has 2 atom stereocenters. The molecule has 1 fully saturated rings. The second kappa shape index (κ2) is 8.31. The zero-order chi connectivity index (χ0) is 20.4. The minimum atomic E-state index is -0.0507. The van der Waals surface area contributed by atoms with Gasteiger partial charge in [-0.3, -0.25) is 9.97 Å². The van der Waals surface area contributed by atoms with Gasteiger partial charge in [0.15, 0.2) is 5.11 Å². The van der Waals surface area contributed by atoms with Gasteiger partial charge in [-0.2, -0.15) is 0 Å². The van der Waals surface area contributed by atoms with E-state index in [9.17, 15) is 5.11 Å². The van der Waals surface area contributed by atoms with Crippen LogP contribution in [-0.2, 0) is 0 Å². The fraction of sp³-hybridized carbons (Fsp3) is 0.318. The predicted molar refractivity (Wildman–Crippen MR) is 117 cm³/mol. The Morgan fingerprint density at radius 3 is 2.72 bits per heavy atom. The highest BCUT2D eigenvalue weighted by Gasteiger charge is 2.41. The summed E-state index contributed by atoms with van der Waals surface area (Å²) in [5.41, 5.74) is 5.50. The summed E-state index contributed by atoms with van der Waals surface area (Å²) >= 11 is 5.67. The fourth-order valence-electron chi connectivity index (χ4n) is 4.20. The summed E-state index contributed by atoms with van der Waals surface area (Å²) in [6, 6.07) is 12.1. The second-order valence-corrected chi connectivity index (χ2v) is 7.66. The number of aliphatic hydroxyl groups excluding tert-OH is 1. The molecule has 0 spiro atoms. The van der Waals surface area contributed by atoms with Crippen molar-refractivity contribution in [2.24, 2.45) is 0 Å². The van der Waals surface area contributed by atoms with Gasteiger partial charge in [0.25, 0.3) is 0 Å². The quantitative estimate of drug-likeness (QED) is 0.612. The van der Waals surface area contributed by atoms with Crippen LogP contribution in [0, 0.1) is 13.8 Å². The van der Waals surface area contributed by atoms with Gasteiger partial charge in [-0.25, -0.2) is 0 Å². The standard InChI is InChI=1S/C22H25N5OS/c1-15-13-18(16(2)27(15)17-7-5-9-23-14-17)21-20(19-8-3-4-10-24-19)25-22(29)26(21)11-6-12-28/h3-5,7-10,13-14,20-21,28H,6,11-12H2,1-2H3,(H,25,29). The summed E-state index contributed by atoms with van der Waals surface area (Å²) < 4.78 is 2.23. The predicted octanol–water partition coefficient (Wildman–Crippen LogP) is 3.24. The maximum Gasteiger partial charge on any atom is 0.170 e. The largest absolute Gasteiger partial charge is 0.396 e. The van der Waals surface area contributed by atoms with Gasteiger partial charge >= 0.3 is 0 Å². The van der Waals surface area contributed by atoms with Crippen LogP contribution >= 0.6 is 12.2 Å². The van der Waals surface area contributed by atoms with Gasteiger partial charge in [-0.05, 0) is 68.4 Å². The molecule has 4 heterocycles. The monoisotopic (exact) mass is 407 g/mol. The number of aliphatic hydroxyl groups is 1. The van der Waals surface area contributed by atoms with Crippen molar-refractivity contribution in [1.82, 2.24) is 24.8 Å². The Bertz CT molecular complexity index is 989. The molecule has 29 heavy (non-hydrogen) atoms. The average Bonchev–Trinajstić information content (AvgIpc) is 3.23. The number of aromatic nitrogens is 3. The lowest BCUT2D eigenvalue weighted by Crippen LogP contribution is -2.31. The Kier molecular flexibility index (Phi) is 5.60. The molecule has 0 saturated carbocycles. The van der Waals surface area contributed by atoms with Gasteiger partial charge in [0.2, 0.25) is 0 Å². The van der Waals surface area contributed by atoms with Gasteiger partial charge in [0.05, 0.1) is 29.7 Å². The van der Waals surface area contributed by atoms with E-state index < -0.39 is 0 Å². The molecule has 2 unspecified atom stereocenters. The molecular formula is C22H25N5OS. The van der Waals surface area contributed by atoms with Crippen molar-refractivity contribution in [2.75, 3.05) is 13.2 Å². The highest BCUT2D eigenvalue weighted by Crippen LogP contribution is 2.41. The van der Waals surface area contributed by atoms with E-state index in [1.807, 2.05) is 36.7 Å². The number of hydrogen-bond donors (Lipinski definition) is 2. The Labute approximate surface area is 176 Å². The van der Waals surface area contributed by atoms with Crippen LogP contribution in [0.4, 0.5) is 0 Å². The summed E-state index contributed by atoms with van der Waals surface area (Å²) in [5.74, 6) is 0. The van der Waals surface area contributed by atoms with Crippen molar-refractivity contribution < 1.29 is 5.11 Å². The van der Waals surface area contributed by atoms with Gasteiger partial charge in [-0.1, -0.05) is 6.07 Å². The van der Waals surface area contributed by atoms with Crippen molar-refractivity contribution in [1.29, 1.82) is 0 Å². The number of nitrogens with one attached hydrogen (secondary N) is 1. The van der Waals surface area contributed by atoms with Gasteiger partial charge in [0.1, 0.15) is 0 Å². The molecule has 3 aromatic rings. The first-order valence-corrected chi connectivity index (χ1v) is 10.2. The number of thiocarbonyl (C=S) groups is 1. The minimum absolute atomic E-state index is 0.000529. The number of nitrogens with zero attached hydrogens (tertiary/aromatic N) is 4. The van der Waals surface area contributed by atoms with E-state index in [0.717, 1.165) is 22.8 Å². The number of rotatable bonds is 6. The van der Waals surface area contributed by atoms with Crippen LogP contribution in [0.5, 0.6) is 0 Å². The second-order valence-electron chi connectivity index (χ2n) is 7.27.